The van der Waals surface area contributed by atoms with Gasteiger partial charge >= 0.3 is 0 Å². The monoisotopic (exact) mass is 372 g/mol. The molecule has 6 heteroatoms. The molecule has 0 unspecified atom stereocenters. The highest BCUT2D eigenvalue weighted by Gasteiger charge is 2.17. The number of nitrogens with zero attached hydrogens (tertiary/aromatic N) is 2. The molecule has 0 aliphatic rings. The Morgan fingerprint density at radius 2 is 1.56 bits per heavy atom. The van der Waals surface area contributed by atoms with Crippen molar-refractivity contribution in [1.29, 1.82) is 0 Å². The standard InChI is InChI=1S/C19H14Cl2N2O2/c1-23(19(24)16-11-12-17(20)22-18(16)21)13-7-9-15(10-8-13)25-14-5-3-2-4-6-14/h2-12H,1H3. The van der Waals surface area contributed by atoms with Gasteiger partial charge in [0.25, 0.3) is 5.91 Å². The van der Waals surface area contributed by atoms with Gasteiger partial charge in [-0.1, -0.05) is 41.4 Å². The Kier molecular flexibility index (Phi) is 5.22. The largest absolute Gasteiger partial charge is 0.457 e. The molecule has 2 aromatic carbocycles. The maximum atomic E-state index is 12.6. The summed E-state index contributed by atoms with van der Waals surface area (Å²) in [5, 5.41) is 0.319. The first kappa shape index (κ1) is 17.3. The van der Waals surface area contributed by atoms with Crippen LogP contribution in [-0.4, -0.2) is 17.9 Å². The molecule has 3 rings (SSSR count). The number of benzene rings is 2. The third-order valence-corrected chi connectivity index (χ3v) is 4.05. The average molecular weight is 373 g/mol. The van der Waals surface area contributed by atoms with E-state index in [0.717, 1.165) is 5.75 Å². The van der Waals surface area contributed by atoms with Crippen LogP contribution in [0.25, 0.3) is 0 Å². The van der Waals surface area contributed by atoms with Crippen molar-refractivity contribution in [2.45, 2.75) is 0 Å². The van der Waals surface area contributed by atoms with Gasteiger partial charge in [0, 0.05) is 12.7 Å². The third kappa shape index (κ3) is 4.10. The number of carbonyl (C=O) groups is 1. The van der Waals surface area contributed by atoms with Gasteiger partial charge in [-0.3, -0.25) is 4.79 Å². The topological polar surface area (TPSA) is 42.4 Å². The van der Waals surface area contributed by atoms with E-state index >= 15 is 0 Å². The molecule has 0 radical (unpaired) electrons. The zero-order valence-electron chi connectivity index (χ0n) is 13.3. The number of pyridine rings is 1. The van der Waals surface area contributed by atoms with E-state index in [2.05, 4.69) is 4.98 Å². The Morgan fingerprint density at radius 1 is 0.920 bits per heavy atom. The van der Waals surface area contributed by atoms with E-state index in [4.69, 9.17) is 27.9 Å². The van der Waals surface area contributed by atoms with E-state index in [1.54, 1.807) is 37.4 Å². The number of aromatic nitrogens is 1. The lowest BCUT2D eigenvalue weighted by atomic mass is 10.2. The second kappa shape index (κ2) is 7.55. The highest BCUT2D eigenvalue weighted by molar-refractivity contribution is 6.35. The van der Waals surface area contributed by atoms with Gasteiger partial charge in [0.15, 0.2) is 0 Å². The van der Waals surface area contributed by atoms with Crippen LogP contribution in [0.15, 0.2) is 66.7 Å². The van der Waals surface area contributed by atoms with Crippen molar-refractivity contribution in [3.63, 3.8) is 0 Å². The summed E-state index contributed by atoms with van der Waals surface area (Å²) in [6.07, 6.45) is 0. The second-order valence-corrected chi connectivity index (χ2v) is 5.99. The number of rotatable bonds is 4. The summed E-state index contributed by atoms with van der Waals surface area (Å²) in [7, 11) is 1.67. The van der Waals surface area contributed by atoms with Crippen LogP contribution in [0.5, 0.6) is 11.5 Å². The normalized spacial score (nSPS) is 10.4. The Bertz CT molecular complexity index is 884. The average Bonchev–Trinajstić information content (AvgIpc) is 2.62. The van der Waals surface area contributed by atoms with Gasteiger partial charge in [-0.25, -0.2) is 4.98 Å². The van der Waals surface area contributed by atoms with Gasteiger partial charge in [0.2, 0.25) is 0 Å². The van der Waals surface area contributed by atoms with Crippen molar-refractivity contribution < 1.29 is 9.53 Å². The Morgan fingerprint density at radius 3 is 2.20 bits per heavy atom. The molecule has 25 heavy (non-hydrogen) atoms. The molecule has 1 heterocycles. The molecule has 1 amide bonds. The summed E-state index contributed by atoms with van der Waals surface area (Å²) in [4.78, 5) is 18.0. The lowest BCUT2D eigenvalue weighted by Crippen LogP contribution is -2.26. The van der Waals surface area contributed by atoms with E-state index in [9.17, 15) is 4.79 Å². The van der Waals surface area contributed by atoms with Crippen LogP contribution < -0.4 is 9.64 Å². The SMILES string of the molecule is CN(C(=O)c1ccc(Cl)nc1Cl)c1ccc(Oc2ccccc2)cc1. The molecule has 0 saturated heterocycles. The number of halogens is 2. The van der Waals surface area contributed by atoms with Gasteiger partial charge in [-0.15, -0.1) is 0 Å². The summed E-state index contributed by atoms with van der Waals surface area (Å²) >= 11 is 11.8. The first-order valence-electron chi connectivity index (χ1n) is 7.47. The molecule has 0 bridgehead atoms. The maximum absolute atomic E-state index is 12.6. The minimum Gasteiger partial charge on any atom is -0.457 e. The van der Waals surface area contributed by atoms with E-state index in [1.807, 2.05) is 30.3 Å². The number of anilines is 1. The number of para-hydroxylation sites is 1. The molecule has 0 aliphatic heterocycles. The van der Waals surface area contributed by atoms with Crippen molar-refractivity contribution in [3.05, 3.63) is 82.6 Å². The quantitative estimate of drug-likeness (QED) is 0.571. The molecule has 126 valence electrons. The van der Waals surface area contributed by atoms with Crippen LogP contribution in [0.1, 0.15) is 10.4 Å². The molecule has 0 saturated carbocycles. The zero-order valence-corrected chi connectivity index (χ0v) is 14.8. The number of amides is 1. The summed E-state index contributed by atoms with van der Waals surface area (Å²) in [6.45, 7) is 0. The minimum absolute atomic E-state index is 0.0772. The Labute approximate surface area is 155 Å². The van der Waals surface area contributed by atoms with Crippen LogP contribution in [0.4, 0.5) is 5.69 Å². The van der Waals surface area contributed by atoms with E-state index in [1.165, 1.54) is 11.0 Å². The van der Waals surface area contributed by atoms with Crippen LogP contribution in [0, 0.1) is 0 Å². The van der Waals surface area contributed by atoms with Crippen molar-refractivity contribution >= 4 is 34.8 Å². The fraction of sp³-hybridized carbons (Fsp3) is 0.0526. The minimum atomic E-state index is -0.272. The highest BCUT2D eigenvalue weighted by Crippen LogP contribution is 2.25. The summed E-state index contributed by atoms with van der Waals surface area (Å²) in [5.74, 6) is 1.16. The predicted molar refractivity (Wildman–Crippen MR) is 99.9 cm³/mol. The first-order chi connectivity index (χ1) is 12.0. The third-order valence-electron chi connectivity index (χ3n) is 3.55. The van der Waals surface area contributed by atoms with Gasteiger partial charge in [0.05, 0.1) is 5.56 Å². The second-order valence-electron chi connectivity index (χ2n) is 5.25. The highest BCUT2D eigenvalue weighted by atomic mass is 35.5. The van der Waals surface area contributed by atoms with Gasteiger partial charge in [-0.05, 0) is 48.5 Å². The molecule has 0 atom stereocenters. The van der Waals surface area contributed by atoms with Crippen LogP contribution in [0.2, 0.25) is 10.3 Å². The lowest BCUT2D eigenvalue weighted by Gasteiger charge is -2.18. The number of hydrogen-bond acceptors (Lipinski definition) is 3. The molecule has 0 spiro atoms. The fourth-order valence-corrected chi connectivity index (χ4v) is 2.66. The van der Waals surface area contributed by atoms with Gasteiger partial charge < -0.3 is 9.64 Å². The summed E-state index contributed by atoms with van der Waals surface area (Å²) < 4.78 is 5.74. The van der Waals surface area contributed by atoms with E-state index < -0.39 is 0 Å². The predicted octanol–water partition coefficient (Wildman–Crippen LogP) is 5.46. The first-order valence-corrected chi connectivity index (χ1v) is 8.23. The Balaban J connectivity index is 1.76. The van der Waals surface area contributed by atoms with Crippen molar-refractivity contribution in [2.75, 3.05) is 11.9 Å². The smallest absolute Gasteiger partial charge is 0.261 e. The van der Waals surface area contributed by atoms with Crippen molar-refractivity contribution in [2.24, 2.45) is 0 Å². The molecule has 1 aromatic heterocycles. The molecule has 3 aromatic rings. The molecule has 4 nitrogen and oxygen atoms in total. The maximum Gasteiger partial charge on any atom is 0.261 e. The molecular formula is C19H14Cl2N2O2. The number of ether oxygens (including phenoxy) is 1. The molecule has 0 aliphatic carbocycles. The van der Waals surface area contributed by atoms with Crippen LogP contribution >= 0.6 is 23.2 Å². The van der Waals surface area contributed by atoms with Crippen molar-refractivity contribution in [3.8, 4) is 11.5 Å². The summed E-state index contributed by atoms with van der Waals surface area (Å²) in [6, 6.07) is 19.8. The molecule has 0 fully saturated rings. The van der Waals surface area contributed by atoms with Crippen LogP contribution in [0.3, 0.4) is 0 Å². The van der Waals surface area contributed by atoms with E-state index in [-0.39, 0.29) is 21.8 Å². The van der Waals surface area contributed by atoms with Gasteiger partial charge in [0.1, 0.15) is 21.8 Å². The molecular weight excluding hydrogens is 359 g/mol. The summed E-state index contributed by atoms with van der Waals surface area (Å²) in [5.41, 5.74) is 0.995. The van der Waals surface area contributed by atoms with Crippen LogP contribution in [-0.2, 0) is 0 Å². The van der Waals surface area contributed by atoms with Crippen molar-refractivity contribution in [1.82, 2.24) is 4.98 Å². The zero-order chi connectivity index (χ0) is 17.8. The van der Waals surface area contributed by atoms with E-state index in [0.29, 0.717) is 11.4 Å². The Hall–Kier alpha value is -2.56. The fourth-order valence-electron chi connectivity index (χ4n) is 2.23. The lowest BCUT2D eigenvalue weighted by molar-refractivity contribution is 0.0993. The van der Waals surface area contributed by atoms with Gasteiger partial charge in [-0.2, -0.15) is 0 Å². The number of carbonyl (C=O) groups excluding carboxylic acids is 1. The molecule has 0 N–H and O–H groups in total. The number of hydrogen-bond donors (Lipinski definition) is 0.